The molecule has 1 N–H and O–H groups in total. The zero-order valence-corrected chi connectivity index (χ0v) is 15.9. The van der Waals surface area contributed by atoms with Crippen LogP contribution in [0, 0.1) is 6.92 Å². The molecule has 0 atom stereocenters. The van der Waals surface area contributed by atoms with Crippen LogP contribution in [-0.4, -0.2) is 35.7 Å². The number of oxime groups is 1. The number of carbonyl (C=O) groups excluding carboxylic acids is 3. The molecule has 2 rings (SSSR count). The Morgan fingerprint density at radius 3 is 2.19 bits per heavy atom. The van der Waals surface area contributed by atoms with E-state index in [0.717, 1.165) is 31.4 Å². The van der Waals surface area contributed by atoms with E-state index in [9.17, 15) is 14.4 Å². The van der Waals surface area contributed by atoms with Crippen molar-refractivity contribution in [2.45, 2.75) is 52.9 Å². The van der Waals surface area contributed by atoms with Crippen LogP contribution in [0.25, 0.3) is 0 Å². The second kappa shape index (κ2) is 15.2. The number of benzene rings is 1. The quantitative estimate of drug-likeness (QED) is 0.278. The Morgan fingerprint density at radius 2 is 1.74 bits per heavy atom. The molecular formula is C19H25N3O5. The molecule has 0 unspecified atom stereocenters. The molecule has 1 aromatic carbocycles. The molecule has 8 heteroatoms. The molecule has 27 heavy (non-hydrogen) atoms. The lowest BCUT2D eigenvalue weighted by molar-refractivity contribution is -0.142. The predicted molar refractivity (Wildman–Crippen MR) is 101 cm³/mol. The molecule has 0 spiro atoms. The van der Waals surface area contributed by atoms with Crippen molar-refractivity contribution in [2.75, 3.05) is 6.61 Å². The summed E-state index contributed by atoms with van der Waals surface area (Å²) in [6, 6.07) is 4.94. The number of cyclic esters (lactones) is 1. The van der Waals surface area contributed by atoms with Crippen molar-refractivity contribution in [2.24, 2.45) is 15.1 Å². The summed E-state index contributed by atoms with van der Waals surface area (Å²) in [5.41, 5.74) is 2.36. The summed E-state index contributed by atoms with van der Waals surface area (Å²) < 4.78 is 4.76. The first-order chi connectivity index (χ1) is 13.0. The second-order valence-electron chi connectivity index (χ2n) is 5.55. The van der Waals surface area contributed by atoms with Crippen molar-refractivity contribution in [3.05, 3.63) is 23.8 Å². The summed E-state index contributed by atoms with van der Waals surface area (Å²) in [6.07, 6.45) is 7.52. The summed E-state index contributed by atoms with van der Waals surface area (Å²) in [6.45, 7) is 6.07. The van der Waals surface area contributed by atoms with Gasteiger partial charge in [-0.2, -0.15) is 9.98 Å². The van der Waals surface area contributed by atoms with Crippen LogP contribution in [0.1, 0.15) is 51.5 Å². The minimum Gasteiger partial charge on any atom is -0.466 e. The van der Waals surface area contributed by atoms with Crippen LogP contribution in [0.3, 0.4) is 0 Å². The van der Waals surface area contributed by atoms with Gasteiger partial charge in [-0.3, -0.25) is 4.79 Å². The highest BCUT2D eigenvalue weighted by Gasteiger charge is 2.05. The Morgan fingerprint density at radius 1 is 1.15 bits per heavy atom. The van der Waals surface area contributed by atoms with Gasteiger partial charge in [0.25, 0.3) is 0 Å². The third kappa shape index (κ3) is 11.2. The maximum absolute atomic E-state index is 10.5. The zero-order chi connectivity index (χ0) is 20.5. The number of hydrogen-bond acceptors (Lipinski definition) is 8. The predicted octanol–water partition coefficient (Wildman–Crippen LogP) is 4.28. The molecule has 1 aliphatic heterocycles. The average molecular weight is 375 g/mol. The fraction of sp³-hybridized carbons (Fsp3) is 0.474. The first-order valence-corrected chi connectivity index (χ1v) is 8.58. The smallest absolute Gasteiger partial charge is 0.305 e. The van der Waals surface area contributed by atoms with Crippen molar-refractivity contribution >= 4 is 35.2 Å². The van der Waals surface area contributed by atoms with E-state index in [1.807, 2.05) is 6.92 Å². The van der Waals surface area contributed by atoms with Gasteiger partial charge in [0, 0.05) is 12.0 Å². The number of aliphatic imine (C=N–C) groups is 2. The first-order valence-electron chi connectivity index (χ1n) is 8.58. The molecule has 1 fully saturated rings. The summed E-state index contributed by atoms with van der Waals surface area (Å²) in [4.78, 5) is 37.4. The molecule has 1 heterocycles. The highest BCUT2D eigenvalue weighted by molar-refractivity contribution is 5.80. The van der Waals surface area contributed by atoms with Crippen molar-refractivity contribution in [1.29, 1.82) is 0 Å². The number of isocyanates is 2. The van der Waals surface area contributed by atoms with Crippen molar-refractivity contribution in [3.63, 3.8) is 0 Å². The number of nitrogens with zero attached hydrogens (tertiary/aromatic N) is 3. The van der Waals surface area contributed by atoms with Gasteiger partial charge in [-0.1, -0.05) is 18.1 Å². The molecule has 0 bridgehead atoms. The van der Waals surface area contributed by atoms with E-state index < -0.39 is 0 Å². The van der Waals surface area contributed by atoms with Crippen LogP contribution in [0.2, 0.25) is 0 Å². The van der Waals surface area contributed by atoms with E-state index >= 15 is 0 Å². The summed E-state index contributed by atoms with van der Waals surface area (Å²) in [7, 11) is 0. The molecule has 0 aromatic heterocycles. The van der Waals surface area contributed by atoms with Gasteiger partial charge in [-0.25, -0.2) is 9.59 Å². The molecule has 1 aromatic rings. The number of carbonyl (C=O) groups is 1. The first kappa shape index (κ1) is 23.9. The van der Waals surface area contributed by atoms with Gasteiger partial charge in [0.2, 0.25) is 12.2 Å². The van der Waals surface area contributed by atoms with Gasteiger partial charge >= 0.3 is 5.97 Å². The lowest BCUT2D eigenvalue weighted by Gasteiger charge is -1.99. The number of esters is 1. The van der Waals surface area contributed by atoms with E-state index in [0.29, 0.717) is 30.0 Å². The van der Waals surface area contributed by atoms with Gasteiger partial charge in [0.05, 0.1) is 23.7 Å². The SMILES string of the molecule is CC/C(C)=N\O.Cc1c(N=C=O)cccc1N=C=O.O=C1CCCCCO1. The van der Waals surface area contributed by atoms with Crippen LogP contribution in [0.15, 0.2) is 33.3 Å². The Bertz CT molecular complexity index is 672. The lowest BCUT2D eigenvalue weighted by Crippen LogP contribution is -2.00. The molecule has 1 saturated heterocycles. The standard InChI is InChI=1S/C9H6N2O2.C6H10O2.C4H9NO/c1-7-8(10-5-12)3-2-4-9(7)11-6-13;7-6-4-2-1-3-5-8-6;1-3-4(2)5-6/h2-4H,1H3;1-5H2;6H,3H2,1-2H3/b;;5-4-. The second-order valence-corrected chi connectivity index (χ2v) is 5.55. The van der Waals surface area contributed by atoms with Crippen molar-refractivity contribution < 1.29 is 24.3 Å². The Hall–Kier alpha value is -3.08. The number of hydrogen-bond donors (Lipinski definition) is 1. The molecule has 8 nitrogen and oxygen atoms in total. The maximum Gasteiger partial charge on any atom is 0.305 e. The summed E-state index contributed by atoms with van der Waals surface area (Å²) in [5.74, 6) is -0.0255. The highest BCUT2D eigenvalue weighted by atomic mass is 16.5. The Labute approximate surface area is 158 Å². The fourth-order valence-electron chi connectivity index (χ4n) is 1.83. The minimum absolute atomic E-state index is 0.0255. The number of ether oxygens (including phenoxy) is 1. The normalized spacial score (nSPS) is 13.1. The summed E-state index contributed by atoms with van der Waals surface area (Å²) >= 11 is 0. The Kier molecular flexibility index (Phi) is 13.5. The van der Waals surface area contributed by atoms with Gasteiger partial charge in [0.1, 0.15) is 0 Å². The van der Waals surface area contributed by atoms with Gasteiger partial charge in [0.15, 0.2) is 0 Å². The highest BCUT2D eigenvalue weighted by Crippen LogP contribution is 2.26. The molecule has 0 aliphatic carbocycles. The third-order valence-corrected chi connectivity index (χ3v) is 3.58. The molecule has 0 radical (unpaired) electrons. The molecule has 0 amide bonds. The summed E-state index contributed by atoms with van der Waals surface area (Å²) in [5, 5.41) is 10.8. The van der Waals surface area contributed by atoms with Gasteiger partial charge in [-0.05, 0) is 51.7 Å². The molecule has 0 saturated carbocycles. The average Bonchev–Trinajstić information content (AvgIpc) is 2.93. The number of rotatable bonds is 3. The monoisotopic (exact) mass is 375 g/mol. The van der Waals surface area contributed by atoms with Crippen molar-refractivity contribution in [1.82, 2.24) is 0 Å². The molecule has 1 aliphatic rings. The minimum atomic E-state index is -0.0255. The van der Waals surface area contributed by atoms with Crippen LogP contribution in [0.5, 0.6) is 0 Å². The van der Waals surface area contributed by atoms with E-state index in [-0.39, 0.29) is 5.97 Å². The molecule has 146 valence electrons. The third-order valence-electron chi connectivity index (χ3n) is 3.58. The van der Waals surface area contributed by atoms with Gasteiger partial charge in [-0.15, -0.1) is 0 Å². The van der Waals surface area contributed by atoms with Gasteiger partial charge < -0.3 is 9.94 Å². The topological polar surface area (TPSA) is 118 Å². The molecular weight excluding hydrogens is 350 g/mol. The van der Waals surface area contributed by atoms with Crippen LogP contribution in [0.4, 0.5) is 11.4 Å². The largest absolute Gasteiger partial charge is 0.466 e. The van der Waals surface area contributed by atoms with E-state index in [1.165, 1.54) is 12.2 Å². The zero-order valence-electron chi connectivity index (χ0n) is 15.9. The van der Waals surface area contributed by atoms with Crippen molar-refractivity contribution in [3.8, 4) is 0 Å². The Balaban J connectivity index is 0.000000413. The van der Waals surface area contributed by atoms with Crippen LogP contribution < -0.4 is 0 Å². The maximum atomic E-state index is 10.5. The van der Waals surface area contributed by atoms with Crippen LogP contribution >= 0.6 is 0 Å². The fourth-order valence-corrected chi connectivity index (χ4v) is 1.83. The van der Waals surface area contributed by atoms with Crippen LogP contribution in [-0.2, 0) is 19.1 Å². The van der Waals surface area contributed by atoms with E-state index in [4.69, 9.17) is 9.94 Å². The van der Waals surface area contributed by atoms with E-state index in [1.54, 1.807) is 32.0 Å². The lowest BCUT2D eigenvalue weighted by atomic mass is 10.1. The van der Waals surface area contributed by atoms with E-state index in [2.05, 4.69) is 15.1 Å².